The molecule has 0 atom stereocenters. The van der Waals surface area contributed by atoms with Gasteiger partial charge in [-0.15, -0.1) is 0 Å². The molecule has 0 unspecified atom stereocenters. The first-order chi connectivity index (χ1) is 12.4. The Bertz CT molecular complexity index is 874. The molecule has 0 radical (unpaired) electrons. The number of aryl methyl sites for hydroxylation is 2. The summed E-state index contributed by atoms with van der Waals surface area (Å²) in [6.07, 6.45) is 0. The minimum absolute atomic E-state index is 0.226. The fourth-order valence-corrected chi connectivity index (χ4v) is 2.24. The van der Waals surface area contributed by atoms with E-state index in [1.807, 2.05) is 32.0 Å². The van der Waals surface area contributed by atoms with E-state index in [4.69, 9.17) is 26.3 Å². The van der Waals surface area contributed by atoms with E-state index in [2.05, 4.69) is 5.32 Å². The Morgan fingerprint density at radius 3 is 2.54 bits per heavy atom. The number of carbonyl (C=O) groups excluding carboxylic acids is 2. The maximum absolute atomic E-state index is 11.8. The number of halogens is 1. The first-order valence-corrected chi connectivity index (χ1v) is 8.12. The van der Waals surface area contributed by atoms with Crippen LogP contribution in [0.4, 0.5) is 5.69 Å². The molecule has 0 bridgehead atoms. The molecule has 0 spiro atoms. The van der Waals surface area contributed by atoms with Crippen LogP contribution in [0.2, 0.25) is 5.02 Å². The third kappa shape index (κ3) is 5.50. The van der Waals surface area contributed by atoms with Gasteiger partial charge in [-0.25, -0.2) is 4.79 Å². The van der Waals surface area contributed by atoms with E-state index in [0.29, 0.717) is 17.0 Å². The standard InChI is InChI=1S/C19H17ClN2O4/c1-12-3-6-16(7-13(12)2)25-11-19(24)26-10-18(23)22-15-5-4-14(9-21)17(20)8-15/h3-8H,10-11H2,1-2H3,(H,22,23). The van der Waals surface area contributed by atoms with Crippen LogP contribution >= 0.6 is 11.6 Å². The van der Waals surface area contributed by atoms with Crippen molar-refractivity contribution < 1.29 is 19.1 Å². The van der Waals surface area contributed by atoms with Gasteiger partial charge in [-0.2, -0.15) is 5.26 Å². The van der Waals surface area contributed by atoms with Crippen LogP contribution in [0.15, 0.2) is 36.4 Å². The lowest BCUT2D eigenvalue weighted by molar-refractivity contribution is -0.149. The van der Waals surface area contributed by atoms with Gasteiger partial charge in [0.2, 0.25) is 0 Å². The fourth-order valence-electron chi connectivity index (χ4n) is 2.01. The van der Waals surface area contributed by atoms with E-state index in [9.17, 15) is 9.59 Å². The summed E-state index contributed by atoms with van der Waals surface area (Å²) in [4.78, 5) is 23.5. The van der Waals surface area contributed by atoms with Crippen molar-refractivity contribution in [1.82, 2.24) is 0 Å². The van der Waals surface area contributed by atoms with E-state index < -0.39 is 18.5 Å². The molecule has 2 aromatic carbocycles. The van der Waals surface area contributed by atoms with Crippen molar-refractivity contribution in [3.8, 4) is 11.8 Å². The molecule has 0 saturated heterocycles. The van der Waals surface area contributed by atoms with Crippen LogP contribution in [-0.4, -0.2) is 25.1 Å². The van der Waals surface area contributed by atoms with Crippen molar-refractivity contribution in [2.24, 2.45) is 0 Å². The molecule has 1 amide bonds. The maximum atomic E-state index is 11.8. The van der Waals surface area contributed by atoms with Crippen molar-refractivity contribution in [1.29, 1.82) is 5.26 Å². The van der Waals surface area contributed by atoms with Gasteiger partial charge in [-0.05, 0) is 55.3 Å². The number of carbonyl (C=O) groups is 2. The summed E-state index contributed by atoms with van der Waals surface area (Å²) < 4.78 is 10.2. The Balaban J connectivity index is 1.77. The van der Waals surface area contributed by atoms with Gasteiger partial charge < -0.3 is 14.8 Å². The highest BCUT2D eigenvalue weighted by atomic mass is 35.5. The highest BCUT2D eigenvalue weighted by Gasteiger charge is 2.10. The third-order valence-electron chi connectivity index (χ3n) is 3.57. The number of amides is 1. The maximum Gasteiger partial charge on any atom is 0.344 e. The van der Waals surface area contributed by atoms with Gasteiger partial charge in [0.15, 0.2) is 13.2 Å². The number of benzene rings is 2. The quantitative estimate of drug-likeness (QED) is 0.785. The summed E-state index contributed by atoms with van der Waals surface area (Å²) >= 11 is 5.89. The molecule has 7 heteroatoms. The first kappa shape index (κ1) is 19.3. The fraction of sp³-hybridized carbons (Fsp3) is 0.211. The lowest BCUT2D eigenvalue weighted by atomic mass is 10.1. The summed E-state index contributed by atoms with van der Waals surface area (Å²) in [6, 6.07) is 11.9. The van der Waals surface area contributed by atoms with Gasteiger partial charge in [-0.3, -0.25) is 4.79 Å². The minimum atomic E-state index is -0.656. The summed E-state index contributed by atoms with van der Waals surface area (Å²) in [7, 11) is 0. The molecule has 2 rings (SSSR count). The average Bonchev–Trinajstić information content (AvgIpc) is 2.61. The molecule has 0 fully saturated rings. The van der Waals surface area contributed by atoms with E-state index in [-0.39, 0.29) is 11.6 Å². The van der Waals surface area contributed by atoms with Gasteiger partial charge in [-0.1, -0.05) is 17.7 Å². The van der Waals surface area contributed by atoms with Crippen molar-refractivity contribution in [3.05, 3.63) is 58.1 Å². The zero-order valence-electron chi connectivity index (χ0n) is 14.3. The molecule has 0 aliphatic rings. The zero-order valence-corrected chi connectivity index (χ0v) is 15.1. The molecule has 6 nitrogen and oxygen atoms in total. The van der Waals surface area contributed by atoms with Crippen LogP contribution in [0.5, 0.6) is 5.75 Å². The van der Waals surface area contributed by atoms with Gasteiger partial charge in [0.25, 0.3) is 5.91 Å². The smallest absolute Gasteiger partial charge is 0.344 e. The molecule has 134 valence electrons. The second-order valence-electron chi connectivity index (χ2n) is 5.55. The Labute approximate surface area is 156 Å². The second kappa shape index (κ2) is 8.88. The molecule has 26 heavy (non-hydrogen) atoms. The minimum Gasteiger partial charge on any atom is -0.482 e. The number of nitriles is 1. The summed E-state index contributed by atoms with van der Waals surface area (Å²) in [5.41, 5.74) is 2.89. The van der Waals surface area contributed by atoms with Crippen LogP contribution < -0.4 is 10.1 Å². The number of rotatable bonds is 6. The van der Waals surface area contributed by atoms with Crippen LogP contribution in [0.3, 0.4) is 0 Å². The van der Waals surface area contributed by atoms with Crippen LogP contribution in [0.1, 0.15) is 16.7 Å². The number of ether oxygens (including phenoxy) is 2. The molecule has 1 N–H and O–H groups in total. The lowest BCUT2D eigenvalue weighted by Gasteiger charge is -2.09. The normalized spacial score (nSPS) is 9.92. The SMILES string of the molecule is Cc1ccc(OCC(=O)OCC(=O)Nc2ccc(C#N)c(Cl)c2)cc1C. The number of hydrogen-bond donors (Lipinski definition) is 1. The van der Waals surface area contributed by atoms with Crippen LogP contribution in [0.25, 0.3) is 0 Å². The number of nitrogens with one attached hydrogen (secondary N) is 1. The third-order valence-corrected chi connectivity index (χ3v) is 3.89. The predicted molar refractivity (Wildman–Crippen MR) is 97.2 cm³/mol. The van der Waals surface area contributed by atoms with E-state index in [0.717, 1.165) is 11.1 Å². The van der Waals surface area contributed by atoms with E-state index in [1.54, 1.807) is 6.07 Å². The number of nitrogens with zero attached hydrogens (tertiary/aromatic N) is 1. The van der Waals surface area contributed by atoms with Gasteiger partial charge >= 0.3 is 5.97 Å². The van der Waals surface area contributed by atoms with Crippen molar-refractivity contribution in [2.45, 2.75) is 13.8 Å². The topological polar surface area (TPSA) is 88.4 Å². The van der Waals surface area contributed by atoms with Crippen molar-refractivity contribution in [2.75, 3.05) is 18.5 Å². The molecule has 2 aromatic rings. The number of hydrogen-bond acceptors (Lipinski definition) is 5. The monoisotopic (exact) mass is 372 g/mol. The Morgan fingerprint density at radius 2 is 1.88 bits per heavy atom. The number of esters is 1. The van der Waals surface area contributed by atoms with Crippen LogP contribution in [0, 0.1) is 25.2 Å². The van der Waals surface area contributed by atoms with Gasteiger partial charge in [0.1, 0.15) is 11.8 Å². The molecular formula is C19H17ClN2O4. The Kier molecular flexibility index (Phi) is 6.59. The van der Waals surface area contributed by atoms with Crippen LogP contribution in [-0.2, 0) is 14.3 Å². The Morgan fingerprint density at radius 1 is 1.12 bits per heavy atom. The van der Waals surface area contributed by atoms with E-state index >= 15 is 0 Å². The number of anilines is 1. The van der Waals surface area contributed by atoms with Gasteiger partial charge in [0, 0.05) is 5.69 Å². The highest BCUT2D eigenvalue weighted by molar-refractivity contribution is 6.32. The molecule has 0 aliphatic carbocycles. The summed E-state index contributed by atoms with van der Waals surface area (Å²) in [5, 5.41) is 11.6. The molecule has 0 aliphatic heterocycles. The van der Waals surface area contributed by atoms with E-state index in [1.165, 1.54) is 18.2 Å². The molecular weight excluding hydrogens is 356 g/mol. The summed E-state index contributed by atoms with van der Waals surface area (Å²) in [6.45, 7) is 3.18. The average molecular weight is 373 g/mol. The highest BCUT2D eigenvalue weighted by Crippen LogP contribution is 2.20. The molecule has 0 saturated carbocycles. The Hall–Kier alpha value is -3.04. The molecule has 0 aromatic heterocycles. The lowest BCUT2D eigenvalue weighted by Crippen LogP contribution is -2.23. The molecule has 0 heterocycles. The first-order valence-electron chi connectivity index (χ1n) is 7.74. The predicted octanol–water partition coefficient (Wildman–Crippen LogP) is 3.39. The van der Waals surface area contributed by atoms with Crippen molar-refractivity contribution in [3.63, 3.8) is 0 Å². The summed E-state index contributed by atoms with van der Waals surface area (Å²) in [5.74, 6) is -0.622. The zero-order chi connectivity index (χ0) is 19.1. The second-order valence-corrected chi connectivity index (χ2v) is 5.96. The van der Waals surface area contributed by atoms with Gasteiger partial charge in [0.05, 0.1) is 10.6 Å². The van der Waals surface area contributed by atoms with Crippen molar-refractivity contribution >= 4 is 29.2 Å². The largest absolute Gasteiger partial charge is 0.482 e.